The van der Waals surface area contributed by atoms with Crippen molar-refractivity contribution in [1.82, 2.24) is 0 Å². The molecular formula is C26H32N2O6. The Hall–Kier alpha value is -3.68. The van der Waals surface area contributed by atoms with Gasteiger partial charge in [0.1, 0.15) is 0 Å². The van der Waals surface area contributed by atoms with Crippen molar-refractivity contribution in [3.63, 3.8) is 0 Å². The Morgan fingerprint density at radius 3 is 1.97 bits per heavy atom. The van der Waals surface area contributed by atoms with Gasteiger partial charge in [-0.05, 0) is 61.2 Å². The van der Waals surface area contributed by atoms with Gasteiger partial charge in [0.2, 0.25) is 5.91 Å². The van der Waals surface area contributed by atoms with Gasteiger partial charge in [-0.15, -0.1) is 0 Å². The van der Waals surface area contributed by atoms with Gasteiger partial charge in [-0.2, -0.15) is 0 Å². The second-order valence-electron chi connectivity index (χ2n) is 7.73. The molecule has 0 aliphatic heterocycles. The van der Waals surface area contributed by atoms with Gasteiger partial charge >= 0.3 is 11.9 Å². The van der Waals surface area contributed by atoms with Gasteiger partial charge in [0.25, 0.3) is 5.91 Å². The molecule has 0 aromatic heterocycles. The second kappa shape index (κ2) is 14.5. The Labute approximate surface area is 200 Å². The minimum absolute atomic E-state index is 0.0223. The summed E-state index contributed by atoms with van der Waals surface area (Å²) >= 11 is 0. The van der Waals surface area contributed by atoms with Crippen LogP contribution in [0.2, 0.25) is 0 Å². The smallest absolute Gasteiger partial charge is 0.338 e. The Morgan fingerprint density at radius 1 is 0.735 bits per heavy atom. The van der Waals surface area contributed by atoms with Gasteiger partial charge in [-0.3, -0.25) is 14.4 Å². The van der Waals surface area contributed by atoms with E-state index >= 15 is 0 Å². The molecule has 0 unspecified atom stereocenters. The standard InChI is InChI=1S/C26H32N2O6/c1-3-5-17-33-26(32)20-11-15-22(16-12-20)27-23(29)7-6-8-25(31)34-18-24(30)28-21-13-9-19(4-2)10-14-21/h9-16H,3-8,17-18H2,1-2H3,(H,27,29)(H,28,30). The van der Waals surface area contributed by atoms with Gasteiger partial charge in [-0.25, -0.2) is 4.79 Å². The fourth-order valence-corrected chi connectivity index (χ4v) is 2.94. The first-order valence-electron chi connectivity index (χ1n) is 11.5. The summed E-state index contributed by atoms with van der Waals surface area (Å²) in [7, 11) is 0. The Morgan fingerprint density at radius 2 is 1.35 bits per heavy atom. The molecule has 0 fully saturated rings. The summed E-state index contributed by atoms with van der Waals surface area (Å²) in [6, 6.07) is 13.9. The zero-order valence-electron chi connectivity index (χ0n) is 19.7. The lowest BCUT2D eigenvalue weighted by molar-refractivity contribution is -0.147. The number of unbranched alkanes of at least 4 members (excludes halogenated alkanes) is 1. The number of aryl methyl sites for hydroxylation is 1. The number of nitrogens with one attached hydrogen (secondary N) is 2. The highest BCUT2D eigenvalue weighted by Gasteiger charge is 2.11. The van der Waals surface area contributed by atoms with E-state index in [1.54, 1.807) is 36.4 Å². The Kier molecular flexibility index (Phi) is 11.3. The Bertz CT molecular complexity index is 954. The van der Waals surface area contributed by atoms with Crippen molar-refractivity contribution >= 4 is 35.1 Å². The predicted molar refractivity (Wildman–Crippen MR) is 130 cm³/mol. The summed E-state index contributed by atoms with van der Waals surface area (Å²) in [5.74, 6) is -1.63. The maximum atomic E-state index is 12.1. The number of rotatable bonds is 13. The van der Waals surface area contributed by atoms with Gasteiger partial charge in [0.15, 0.2) is 6.61 Å². The number of esters is 2. The first kappa shape index (κ1) is 26.6. The van der Waals surface area contributed by atoms with Crippen LogP contribution in [0.3, 0.4) is 0 Å². The number of hydrogen-bond acceptors (Lipinski definition) is 6. The minimum atomic E-state index is -0.546. The maximum absolute atomic E-state index is 12.1. The van der Waals surface area contributed by atoms with E-state index in [-0.39, 0.29) is 31.8 Å². The molecule has 0 saturated heterocycles. The maximum Gasteiger partial charge on any atom is 0.338 e. The van der Waals surface area contributed by atoms with Crippen LogP contribution in [0.4, 0.5) is 11.4 Å². The molecule has 2 aromatic carbocycles. The first-order chi connectivity index (χ1) is 16.4. The summed E-state index contributed by atoms with van der Waals surface area (Å²) in [4.78, 5) is 47.7. The fourth-order valence-electron chi connectivity index (χ4n) is 2.94. The average Bonchev–Trinajstić information content (AvgIpc) is 2.84. The molecule has 0 heterocycles. The quantitative estimate of drug-likeness (QED) is 0.331. The van der Waals surface area contributed by atoms with Crippen molar-refractivity contribution < 1.29 is 28.7 Å². The molecule has 0 spiro atoms. The zero-order chi connectivity index (χ0) is 24.8. The number of carbonyl (C=O) groups is 4. The normalized spacial score (nSPS) is 10.3. The number of hydrogen-bond donors (Lipinski definition) is 2. The molecule has 2 N–H and O–H groups in total. The first-order valence-corrected chi connectivity index (χ1v) is 11.5. The summed E-state index contributed by atoms with van der Waals surface area (Å²) in [6.07, 6.45) is 3.09. The highest BCUT2D eigenvalue weighted by Crippen LogP contribution is 2.12. The molecule has 2 aromatic rings. The van der Waals surface area contributed by atoms with E-state index in [0.29, 0.717) is 23.5 Å². The van der Waals surface area contributed by atoms with Gasteiger partial charge in [0.05, 0.1) is 12.2 Å². The number of ether oxygens (including phenoxy) is 2. The molecule has 0 saturated carbocycles. The molecule has 0 atom stereocenters. The molecule has 0 bridgehead atoms. The number of benzene rings is 2. The van der Waals surface area contributed by atoms with Gasteiger partial charge < -0.3 is 20.1 Å². The van der Waals surface area contributed by atoms with E-state index in [0.717, 1.165) is 24.8 Å². The highest BCUT2D eigenvalue weighted by atomic mass is 16.5. The van der Waals surface area contributed by atoms with E-state index in [2.05, 4.69) is 10.6 Å². The molecule has 34 heavy (non-hydrogen) atoms. The van der Waals surface area contributed by atoms with Crippen LogP contribution in [0.25, 0.3) is 0 Å². The third kappa shape index (κ3) is 9.85. The van der Waals surface area contributed by atoms with Crippen LogP contribution in [0.5, 0.6) is 0 Å². The Balaban J connectivity index is 1.63. The van der Waals surface area contributed by atoms with Crippen molar-refractivity contribution in [3.05, 3.63) is 59.7 Å². The molecule has 8 nitrogen and oxygen atoms in total. The molecular weight excluding hydrogens is 436 g/mol. The molecule has 0 radical (unpaired) electrons. The van der Waals surface area contributed by atoms with Crippen molar-refractivity contribution in [3.8, 4) is 0 Å². The van der Waals surface area contributed by atoms with E-state index in [4.69, 9.17) is 9.47 Å². The average molecular weight is 469 g/mol. The SMILES string of the molecule is CCCCOC(=O)c1ccc(NC(=O)CCCC(=O)OCC(=O)Nc2ccc(CC)cc2)cc1. The predicted octanol–water partition coefficient (Wildman–Crippen LogP) is 4.50. The van der Waals surface area contributed by atoms with Crippen LogP contribution in [0.15, 0.2) is 48.5 Å². The summed E-state index contributed by atoms with van der Waals surface area (Å²) in [5, 5.41) is 5.38. The summed E-state index contributed by atoms with van der Waals surface area (Å²) < 4.78 is 10.1. The van der Waals surface area contributed by atoms with Crippen LogP contribution in [-0.4, -0.2) is 37.0 Å². The van der Waals surface area contributed by atoms with Crippen molar-refractivity contribution in [2.45, 2.75) is 52.4 Å². The molecule has 182 valence electrons. The number of amides is 2. The number of anilines is 2. The van der Waals surface area contributed by atoms with Crippen LogP contribution >= 0.6 is 0 Å². The molecule has 0 aliphatic carbocycles. The molecule has 0 aliphatic rings. The zero-order valence-corrected chi connectivity index (χ0v) is 19.7. The van der Waals surface area contributed by atoms with Crippen LogP contribution in [0, 0.1) is 0 Å². The molecule has 2 rings (SSSR count). The van der Waals surface area contributed by atoms with Crippen LogP contribution < -0.4 is 10.6 Å². The van der Waals surface area contributed by atoms with Crippen LogP contribution in [0.1, 0.15) is 61.9 Å². The van der Waals surface area contributed by atoms with Crippen LogP contribution in [-0.2, 0) is 30.3 Å². The van der Waals surface area contributed by atoms with Gasteiger partial charge in [0, 0.05) is 24.2 Å². The van der Waals surface area contributed by atoms with E-state index in [9.17, 15) is 19.2 Å². The minimum Gasteiger partial charge on any atom is -0.462 e. The van der Waals surface area contributed by atoms with Crippen molar-refractivity contribution in [2.75, 3.05) is 23.8 Å². The van der Waals surface area contributed by atoms with E-state index < -0.39 is 17.8 Å². The lowest BCUT2D eigenvalue weighted by atomic mass is 10.1. The lowest BCUT2D eigenvalue weighted by Gasteiger charge is -2.08. The van der Waals surface area contributed by atoms with Gasteiger partial charge in [-0.1, -0.05) is 32.4 Å². The largest absolute Gasteiger partial charge is 0.462 e. The monoisotopic (exact) mass is 468 g/mol. The topological polar surface area (TPSA) is 111 Å². The molecule has 8 heteroatoms. The van der Waals surface area contributed by atoms with E-state index in [1.165, 1.54) is 0 Å². The van der Waals surface area contributed by atoms with Crippen molar-refractivity contribution in [2.24, 2.45) is 0 Å². The summed E-state index contributed by atoms with van der Waals surface area (Å²) in [5.41, 5.74) is 2.75. The third-order valence-corrected chi connectivity index (χ3v) is 4.93. The second-order valence-corrected chi connectivity index (χ2v) is 7.73. The van der Waals surface area contributed by atoms with E-state index in [1.807, 2.05) is 26.0 Å². The highest BCUT2D eigenvalue weighted by molar-refractivity contribution is 5.94. The lowest BCUT2D eigenvalue weighted by Crippen LogP contribution is -2.21. The number of carbonyl (C=O) groups excluding carboxylic acids is 4. The third-order valence-electron chi connectivity index (χ3n) is 4.93. The van der Waals surface area contributed by atoms with Crippen molar-refractivity contribution in [1.29, 1.82) is 0 Å². The fraction of sp³-hybridized carbons (Fsp3) is 0.385. The molecule has 2 amide bonds. The summed E-state index contributed by atoms with van der Waals surface area (Å²) in [6.45, 7) is 4.06.